The van der Waals surface area contributed by atoms with Gasteiger partial charge < -0.3 is 10.2 Å². The number of carbonyl (C=O) groups excluding carboxylic acids is 2. The molecular formula is C20H25BrN4O2. The molecule has 0 bridgehead atoms. The van der Waals surface area contributed by atoms with Gasteiger partial charge in [0.05, 0.1) is 6.20 Å². The second kappa shape index (κ2) is 8.69. The Kier molecular flexibility index (Phi) is 6.31. The molecule has 1 N–H and O–H groups in total. The van der Waals surface area contributed by atoms with Gasteiger partial charge in [-0.1, -0.05) is 29.8 Å². The van der Waals surface area contributed by atoms with Gasteiger partial charge >= 0.3 is 0 Å². The molecule has 0 unspecified atom stereocenters. The molecule has 2 heterocycles. The summed E-state index contributed by atoms with van der Waals surface area (Å²) in [4.78, 5) is 27.0. The minimum Gasteiger partial charge on any atom is -0.339 e. The van der Waals surface area contributed by atoms with Gasteiger partial charge in [0, 0.05) is 41.7 Å². The molecule has 144 valence electrons. The van der Waals surface area contributed by atoms with Crippen molar-refractivity contribution in [3.63, 3.8) is 0 Å². The van der Waals surface area contributed by atoms with Gasteiger partial charge in [0.25, 0.3) is 5.91 Å². The van der Waals surface area contributed by atoms with Crippen molar-refractivity contribution < 1.29 is 9.59 Å². The summed E-state index contributed by atoms with van der Waals surface area (Å²) in [7, 11) is 0. The molecule has 0 aliphatic carbocycles. The van der Waals surface area contributed by atoms with Crippen LogP contribution < -0.4 is 5.32 Å². The maximum atomic E-state index is 12.6. The predicted molar refractivity (Wildman–Crippen MR) is 108 cm³/mol. The lowest BCUT2D eigenvalue weighted by Crippen LogP contribution is -2.41. The second-order valence-electron chi connectivity index (χ2n) is 7.36. The summed E-state index contributed by atoms with van der Waals surface area (Å²) in [6.07, 6.45) is 3.05. The fraction of sp³-hybridized carbons (Fsp3) is 0.450. The highest BCUT2D eigenvalue weighted by molar-refractivity contribution is 9.10. The largest absolute Gasteiger partial charge is 0.339 e. The molecule has 1 aliphatic rings. The van der Waals surface area contributed by atoms with Crippen molar-refractivity contribution >= 4 is 33.6 Å². The van der Waals surface area contributed by atoms with Crippen molar-refractivity contribution in [3.05, 3.63) is 46.6 Å². The Morgan fingerprint density at radius 2 is 1.85 bits per heavy atom. The lowest BCUT2D eigenvalue weighted by atomic mass is 9.95. The highest BCUT2D eigenvalue weighted by Crippen LogP contribution is 2.22. The minimum atomic E-state index is -0.0821. The molecular weight excluding hydrogens is 408 g/mol. The first-order chi connectivity index (χ1) is 12.9. The number of nitrogens with zero attached hydrogens (tertiary/aromatic N) is 3. The van der Waals surface area contributed by atoms with Crippen LogP contribution >= 0.6 is 15.9 Å². The van der Waals surface area contributed by atoms with Gasteiger partial charge in [-0.05, 0) is 43.0 Å². The highest BCUT2D eigenvalue weighted by Gasteiger charge is 2.28. The van der Waals surface area contributed by atoms with Gasteiger partial charge in [-0.25, -0.2) is 4.68 Å². The van der Waals surface area contributed by atoms with Crippen molar-refractivity contribution in [2.75, 3.05) is 18.4 Å². The zero-order valence-corrected chi connectivity index (χ0v) is 17.3. The van der Waals surface area contributed by atoms with E-state index in [1.54, 1.807) is 6.20 Å². The maximum Gasteiger partial charge on any atom is 0.253 e. The van der Waals surface area contributed by atoms with Crippen LogP contribution in [0.1, 0.15) is 37.0 Å². The number of halogens is 1. The molecule has 1 aliphatic heterocycles. The van der Waals surface area contributed by atoms with Crippen LogP contribution in [0.25, 0.3) is 0 Å². The summed E-state index contributed by atoms with van der Waals surface area (Å²) in [5.41, 5.74) is 0.679. The Balaban J connectivity index is 1.54. The quantitative estimate of drug-likeness (QED) is 0.780. The SMILES string of the molecule is CC(C)Cn1nccc1NC(=O)C1CCN(C(=O)c2ccc(Br)cc2)CC1. The molecule has 1 fully saturated rings. The predicted octanol–water partition coefficient (Wildman–Crippen LogP) is 3.79. The number of likely N-dealkylation sites (tertiary alicyclic amines) is 1. The zero-order valence-electron chi connectivity index (χ0n) is 15.7. The average Bonchev–Trinajstić information content (AvgIpc) is 3.08. The van der Waals surface area contributed by atoms with Crippen molar-refractivity contribution in [2.45, 2.75) is 33.2 Å². The monoisotopic (exact) mass is 432 g/mol. The van der Waals surface area contributed by atoms with E-state index in [4.69, 9.17) is 0 Å². The van der Waals surface area contributed by atoms with Crippen LogP contribution in [0.5, 0.6) is 0 Å². The van der Waals surface area contributed by atoms with Crippen molar-refractivity contribution in [1.29, 1.82) is 0 Å². The van der Waals surface area contributed by atoms with Crippen LogP contribution in [-0.4, -0.2) is 39.6 Å². The van der Waals surface area contributed by atoms with Gasteiger partial charge in [-0.3, -0.25) is 9.59 Å². The Morgan fingerprint density at radius 3 is 2.48 bits per heavy atom. The summed E-state index contributed by atoms with van der Waals surface area (Å²) in [5, 5.41) is 7.28. The number of piperidine rings is 1. The number of nitrogens with one attached hydrogen (secondary N) is 1. The summed E-state index contributed by atoms with van der Waals surface area (Å²) in [5.74, 6) is 1.14. The lowest BCUT2D eigenvalue weighted by Gasteiger charge is -2.31. The fourth-order valence-electron chi connectivity index (χ4n) is 3.28. The number of rotatable bonds is 5. The van der Waals surface area contributed by atoms with Gasteiger partial charge in [-0.2, -0.15) is 5.10 Å². The molecule has 1 saturated heterocycles. The summed E-state index contributed by atoms with van der Waals surface area (Å²) in [6, 6.07) is 9.20. The number of aromatic nitrogens is 2. The Morgan fingerprint density at radius 1 is 1.19 bits per heavy atom. The smallest absolute Gasteiger partial charge is 0.253 e. The van der Waals surface area contributed by atoms with E-state index >= 15 is 0 Å². The molecule has 1 aromatic carbocycles. The molecule has 0 radical (unpaired) electrons. The number of carbonyl (C=O) groups is 2. The number of benzene rings is 1. The van der Waals surface area contributed by atoms with E-state index in [-0.39, 0.29) is 17.7 Å². The average molecular weight is 433 g/mol. The van der Waals surface area contributed by atoms with Gasteiger partial charge in [0.1, 0.15) is 5.82 Å². The van der Waals surface area contributed by atoms with Gasteiger partial charge in [0.2, 0.25) is 5.91 Å². The molecule has 2 aromatic rings. The van der Waals surface area contributed by atoms with Crippen LogP contribution in [0.3, 0.4) is 0 Å². The molecule has 0 saturated carbocycles. The fourth-order valence-corrected chi connectivity index (χ4v) is 3.54. The van der Waals surface area contributed by atoms with Crippen LogP contribution in [0.4, 0.5) is 5.82 Å². The molecule has 27 heavy (non-hydrogen) atoms. The van der Waals surface area contributed by atoms with Crippen molar-refractivity contribution in [3.8, 4) is 0 Å². The number of anilines is 1. The van der Waals surface area contributed by atoms with E-state index in [0.717, 1.165) is 16.8 Å². The molecule has 1 aromatic heterocycles. The first-order valence-electron chi connectivity index (χ1n) is 9.31. The lowest BCUT2D eigenvalue weighted by molar-refractivity contribution is -0.121. The number of hydrogen-bond donors (Lipinski definition) is 1. The van der Waals surface area contributed by atoms with Crippen molar-refractivity contribution in [1.82, 2.24) is 14.7 Å². The molecule has 0 atom stereocenters. The van der Waals surface area contributed by atoms with E-state index in [9.17, 15) is 9.59 Å². The van der Waals surface area contributed by atoms with Crippen molar-refractivity contribution in [2.24, 2.45) is 11.8 Å². The zero-order chi connectivity index (χ0) is 19.4. The third-order valence-electron chi connectivity index (χ3n) is 4.75. The van der Waals surface area contributed by atoms with Gasteiger partial charge in [-0.15, -0.1) is 0 Å². The van der Waals surface area contributed by atoms with E-state index in [2.05, 4.69) is 40.2 Å². The maximum absolute atomic E-state index is 12.6. The third kappa shape index (κ3) is 4.97. The Hall–Kier alpha value is -2.15. The Labute approximate surface area is 168 Å². The Bertz CT molecular complexity index is 793. The number of amides is 2. The minimum absolute atomic E-state index is 0.0104. The molecule has 2 amide bonds. The van der Waals surface area contributed by atoms with Crippen LogP contribution in [-0.2, 0) is 11.3 Å². The van der Waals surface area contributed by atoms with E-state index in [1.165, 1.54) is 0 Å². The topological polar surface area (TPSA) is 67.2 Å². The summed E-state index contributed by atoms with van der Waals surface area (Å²) in [6.45, 7) is 6.19. The normalized spacial score (nSPS) is 15.2. The summed E-state index contributed by atoms with van der Waals surface area (Å²) < 4.78 is 2.78. The molecule has 6 nitrogen and oxygen atoms in total. The van der Waals surface area contributed by atoms with Gasteiger partial charge in [0.15, 0.2) is 0 Å². The van der Waals surface area contributed by atoms with Crippen LogP contribution in [0.2, 0.25) is 0 Å². The first-order valence-corrected chi connectivity index (χ1v) is 10.1. The third-order valence-corrected chi connectivity index (χ3v) is 5.28. The first kappa shape index (κ1) is 19.6. The van der Waals surface area contributed by atoms with E-state index < -0.39 is 0 Å². The van der Waals surface area contributed by atoms with Crippen LogP contribution in [0, 0.1) is 11.8 Å². The van der Waals surface area contributed by atoms with E-state index in [0.29, 0.717) is 37.4 Å². The molecule has 7 heteroatoms. The van der Waals surface area contributed by atoms with E-state index in [1.807, 2.05) is 39.9 Å². The number of hydrogen-bond acceptors (Lipinski definition) is 3. The second-order valence-corrected chi connectivity index (χ2v) is 8.27. The van der Waals surface area contributed by atoms with Crippen LogP contribution in [0.15, 0.2) is 41.0 Å². The molecule has 0 spiro atoms. The molecule has 3 rings (SSSR count). The highest BCUT2D eigenvalue weighted by atomic mass is 79.9. The summed E-state index contributed by atoms with van der Waals surface area (Å²) >= 11 is 3.38. The standard InChI is InChI=1S/C20H25BrN4O2/c1-14(2)13-25-18(7-10-22-25)23-19(26)15-8-11-24(12-9-15)20(27)16-3-5-17(21)6-4-16/h3-7,10,14-15H,8-9,11-13H2,1-2H3,(H,23,26).